The number of hydrogen-bond donors (Lipinski definition) is 1. The molecule has 0 spiro atoms. The standard InChI is InChI=1S/C19H25F3O2Si/c1-2-11-25-12-9-16(10-13-25)14-17(23)6-3-15-4-7-18(8-5-15)24-19(20,21)22/h4-5,7-8,16-17,23,25H,2,9-14H2,1H3. The molecule has 1 heterocycles. The van der Waals surface area contributed by atoms with Gasteiger partial charge in [-0.15, -0.1) is 13.2 Å². The number of alkyl halides is 3. The number of aliphatic hydroxyl groups excluding tert-OH is 1. The van der Waals surface area contributed by atoms with Crippen molar-refractivity contribution in [3.8, 4) is 17.6 Å². The molecule has 0 aliphatic carbocycles. The second-order valence-corrected chi connectivity index (χ2v) is 10.2. The van der Waals surface area contributed by atoms with Crippen molar-refractivity contribution in [1.29, 1.82) is 0 Å². The monoisotopic (exact) mass is 370 g/mol. The van der Waals surface area contributed by atoms with E-state index in [4.69, 9.17) is 0 Å². The summed E-state index contributed by atoms with van der Waals surface area (Å²) in [7, 11) is -0.505. The van der Waals surface area contributed by atoms with Crippen molar-refractivity contribution < 1.29 is 23.0 Å². The third-order valence-electron chi connectivity index (χ3n) is 4.69. The van der Waals surface area contributed by atoms with Gasteiger partial charge in [-0.3, -0.25) is 0 Å². The van der Waals surface area contributed by atoms with Gasteiger partial charge in [0.15, 0.2) is 0 Å². The minimum atomic E-state index is -4.69. The maximum absolute atomic E-state index is 12.1. The van der Waals surface area contributed by atoms with E-state index in [2.05, 4.69) is 23.5 Å². The van der Waals surface area contributed by atoms with Crippen LogP contribution in [0, 0.1) is 17.8 Å². The van der Waals surface area contributed by atoms with E-state index >= 15 is 0 Å². The fourth-order valence-electron chi connectivity index (χ4n) is 3.45. The maximum atomic E-state index is 12.1. The Morgan fingerprint density at radius 3 is 2.44 bits per heavy atom. The van der Waals surface area contributed by atoms with Gasteiger partial charge >= 0.3 is 6.36 Å². The number of halogens is 3. The van der Waals surface area contributed by atoms with Crippen LogP contribution in [0.1, 0.15) is 38.2 Å². The van der Waals surface area contributed by atoms with Gasteiger partial charge in [-0.1, -0.05) is 56.2 Å². The molecule has 1 atom stereocenters. The van der Waals surface area contributed by atoms with Crippen molar-refractivity contribution >= 4 is 8.80 Å². The zero-order valence-corrected chi connectivity index (χ0v) is 15.6. The minimum absolute atomic E-state index is 0.272. The van der Waals surface area contributed by atoms with Crippen LogP contribution in [0.2, 0.25) is 18.1 Å². The summed E-state index contributed by atoms with van der Waals surface area (Å²) >= 11 is 0. The molecule has 1 unspecified atom stereocenters. The second kappa shape index (κ2) is 9.30. The van der Waals surface area contributed by atoms with Crippen molar-refractivity contribution in [3.05, 3.63) is 29.8 Å². The van der Waals surface area contributed by atoms with Crippen molar-refractivity contribution in [3.63, 3.8) is 0 Å². The van der Waals surface area contributed by atoms with Crippen molar-refractivity contribution in [2.24, 2.45) is 5.92 Å². The molecule has 2 rings (SSSR count). The van der Waals surface area contributed by atoms with E-state index in [0.717, 1.165) is 0 Å². The summed E-state index contributed by atoms with van der Waals surface area (Å²) in [4.78, 5) is 0. The zero-order valence-electron chi connectivity index (χ0n) is 14.5. The lowest BCUT2D eigenvalue weighted by Gasteiger charge is -2.27. The van der Waals surface area contributed by atoms with E-state index in [1.807, 2.05) is 0 Å². The highest BCUT2D eigenvalue weighted by atomic mass is 28.3. The topological polar surface area (TPSA) is 29.5 Å². The van der Waals surface area contributed by atoms with Gasteiger partial charge in [0.1, 0.15) is 11.9 Å². The van der Waals surface area contributed by atoms with Crippen LogP contribution in [0.15, 0.2) is 24.3 Å². The minimum Gasteiger partial charge on any atom is -0.406 e. The van der Waals surface area contributed by atoms with Crippen LogP contribution in [0.3, 0.4) is 0 Å². The third kappa shape index (κ3) is 7.53. The van der Waals surface area contributed by atoms with E-state index in [1.165, 1.54) is 61.7 Å². The number of benzene rings is 1. The first-order valence-corrected chi connectivity index (χ1v) is 11.4. The van der Waals surface area contributed by atoms with Crippen LogP contribution in [0.25, 0.3) is 0 Å². The average Bonchev–Trinajstić information content (AvgIpc) is 2.55. The molecule has 0 aromatic heterocycles. The Morgan fingerprint density at radius 2 is 1.88 bits per heavy atom. The van der Waals surface area contributed by atoms with Crippen molar-refractivity contribution in [2.75, 3.05) is 0 Å². The molecule has 0 amide bonds. The van der Waals surface area contributed by atoms with Crippen LogP contribution < -0.4 is 4.74 Å². The lowest BCUT2D eigenvalue weighted by Crippen LogP contribution is -2.23. The number of aliphatic hydroxyl groups is 1. The predicted molar refractivity (Wildman–Crippen MR) is 95.2 cm³/mol. The lowest BCUT2D eigenvalue weighted by molar-refractivity contribution is -0.274. The lowest BCUT2D eigenvalue weighted by atomic mass is 9.95. The summed E-state index contributed by atoms with van der Waals surface area (Å²) in [5.41, 5.74) is 0.563. The van der Waals surface area contributed by atoms with Gasteiger partial charge in [0.25, 0.3) is 0 Å². The molecule has 138 valence electrons. The SMILES string of the molecule is CCC[SiH]1CCC(CC(O)C#Cc2ccc(OC(F)(F)F)cc2)CC1. The molecular weight excluding hydrogens is 345 g/mol. The Labute approximate surface area is 149 Å². The molecule has 6 heteroatoms. The smallest absolute Gasteiger partial charge is 0.406 e. The Kier molecular flexibility index (Phi) is 7.39. The van der Waals surface area contributed by atoms with Crippen LogP contribution in [-0.2, 0) is 0 Å². The summed E-state index contributed by atoms with van der Waals surface area (Å²) < 4.78 is 40.1. The molecule has 1 aromatic carbocycles. The summed E-state index contributed by atoms with van der Waals surface area (Å²) in [5, 5.41) is 10.1. The highest BCUT2D eigenvalue weighted by molar-refractivity contribution is 6.58. The van der Waals surface area contributed by atoms with Crippen molar-refractivity contribution in [2.45, 2.75) is 63.2 Å². The maximum Gasteiger partial charge on any atom is 0.573 e. The molecular formula is C19H25F3O2Si. The number of rotatable bonds is 5. The fourth-order valence-corrected chi connectivity index (χ4v) is 7.01. The number of hydrogen-bond acceptors (Lipinski definition) is 2. The van der Waals surface area contributed by atoms with Crippen LogP contribution in [0.5, 0.6) is 5.75 Å². The molecule has 25 heavy (non-hydrogen) atoms. The first-order valence-electron chi connectivity index (χ1n) is 8.91. The number of ether oxygens (including phenoxy) is 1. The molecule has 0 bridgehead atoms. The molecule has 1 aliphatic rings. The van der Waals surface area contributed by atoms with Gasteiger partial charge in [-0.25, -0.2) is 0 Å². The Bertz CT molecular complexity index is 581. The van der Waals surface area contributed by atoms with Gasteiger partial charge in [-0.2, -0.15) is 0 Å². The van der Waals surface area contributed by atoms with Gasteiger partial charge < -0.3 is 9.84 Å². The highest BCUT2D eigenvalue weighted by Crippen LogP contribution is 2.30. The highest BCUT2D eigenvalue weighted by Gasteiger charge is 2.30. The average molecular weight is 370 g/mol. The van der Waals surface area contributed by atoms with E-state index in [1.54, 1.807) is 0 Å². The summed E-state index contributed by atoms with van der Waals surface area (Å²) in [6.07, 6.45) is -0.973. The van der Waals surface area contributed by atoms with E-state index < -0.39 is 21.3 Å². The van der Waals surface area contributed by atoms with Crippen LogP contribution in [-0.4, -0.2) is 26.4 Å². The molecule has 0 saturated carbocycles. The normalized spacial score (nSPS) is 22.0. The van der Waals surface area contributed by atoms with E-state index in [0.29, 0.717) is 17.9 Å². The van der Waals surface area contributed by atoms with Crippen molar-refractivity contribution in [1.82, 2.24) is 0 Å². The first kappa shape index (κ1) is 19.9. The molecule has 0 radical (unpaired) electrons. The summed E-state index contributed by atoms with van der Waals surface area (Å²) in [5.74, 6) is 5.91. The quantitative estimate of drug-likeness (QED) is 0.599. The summed E-state index contributed by atoms with van der Waals surface area (Å²) in [6.45, 7) is 2.25. The fraction of sp³-hybridized carbons (Fsp3) is 0.579. The van der Waals surface area contributed by atoms with E-state index in [9.17, 15) is 18.3 Å². The predicted octanol–water partition coefficient (Wildman–Crippen LogP) is 4.73. The zero-order chi connectivity index (χ0) is 18.3. The largest absolute Gasteiger partial charge is 0.573 e. The Hall–Kier alpha value is -1.45. The molecule has 1 fully saturated rings. The van der Waals surface area contributed by atoms with E-state index in [-0.39, 0.29) is 5.75 Å². The Balaban J connectivity index is 1.80. The second-order valence-electron chi connectivity index (χ2n) is 6.77. The van der Waals surface area contributed by atoms with Crippen LogP contribution in [0.4, 0.5) is 13.2 Å². The first-order chi connectivity index (χ1) is 11.9. The van der Waals surface area contributed by atoms with Gasteiger partial charge in [0.2, 0.25) is 0 Å². The van der Waals surface area contributed by atoms with Crippen LogP contribution >= 0.6 is 0 Å². The Morgan fingerprint density at radius 1 is 1.24 bits per heavy atom. The molecule has 2 nitrogen and oxygen atoms in total. The van der Waals surface area contributed by atoms with Gasteiger partial charge in [0, 0.05) is 14.4 Å². The third-order valence-corrected chi connectivity index (χ3v) is 8.38. The summed E-state index contributed by atoms with van der Waals surface area (Å²) in [6, 6.07) is 9.56. The molecule has 1 aliphatic heterocycles. The molecule has 1 aromatic rings. The molecule has 1 saturated heterocycles. The van der Waals surface area contributed by atoms with Gasteiger partial charge in [-0.05, 0) is 36.6 Å². The molecule has 1 N–H and O–H groups in total. The van der Waals surface area contributed by atoms with Gasteiger partial charge in [0.05, 0.1) is 0 Å².